The van der Waals surface area contributed by atoms with Crippen LogP contribution in [0, 0.1) is 11.2 Å². The first kappa shape index (κ1) is 13.1. The second-order valence-corrected chi connectivity index (χ2v) is 5.45. The lowest BCUT2D eigenvalue weighted by Gasteiger charge is -2.26. The van der Waals surface area contributed by atoms with E-state index >= 15 is 0 Å². The van der Waals surface area contributed by atoms with E-state index in [4.69, 9.17) is 17.0 Å². The molecule has 0 aromatic heterocycles. The number of nitrogens with zero attached hydrogens (tertiary/aromatic N) is 1. The minimum atomic E-state index is -0.300. The van der Waals surface area contributed by atoms with E-state index in [-0.39, 0.29) is 11.9 Å². The molecule has 0 saturated heterocycles. The van der Waals surface area contributed by atoms with Gasteiger partial charge in [0.15, 0.2) is 0 Å². The quantitative estimate of drug-likeness (QED) is 0.872. The molecule has 0 radical (unpaired) electrons. The first-order valence-electron chi connectivity index (χ1n) is 6.45. The summed E-state index contributed by atoms with van der Waals surface area (Å²) in [4.78, 5) is 1.95. The third-order valence-electron chi connectivity index (χ3n) is 3.75. The Labute approximate surface area is 122 Å². The van der Waals surface area contributed by atoms with Crippen LogP contribution in [-0.4, -0.2) is 10.7 Å². The normalized spacial score (nSPS) is 15.3. The molecule has 2 aromatic carbocycles. The van der Waals surface area contributed by atoms with E-state index in [0.29, 0.717) is 23.0 Å². The van der Waals surface area contributed by atoms with Crippen LogP contribution in [0.5, 0.6) is 0 Å². The predicted molar refractivity (Wildman–Crippen MR) is 78.6 cm³/mol. The second kappa shape index (κ2) is 4.91. The molecule has 1 aliphatic heterocycles. The average molecular weight is 289 g/mol. The fourth-order valence-corrected chi connectivity index (χ4v) is 2.80. The maximum Gasteiger partial charge on any atom is 0.129 e. The van der Waals surface area contributed by atoms with Crippen molar-refractivity contribution in [3.63, 3.8) is 0 Å². The molecule has 1 atom stereocenters. The Bertz CT molecular complexity index is 684. The third-order valence-corrected chi connectivity index (χ3v) is 3.99. The van der Waals surface area contributed by atoms with Crippen molar-refractivity contribution >= 4 is 17.4 Å². The summed E-state index contributed by atoms with van der Waals surface area (Å²) in [6.45, 7) is 2.66. The minimum Gasteiger partial charge on any atom is -0.345 e. The number of hydrogen-bond donors (Lipinski definition) is 1. The monoisotopic (exact) mass is 288 g/mol. The van der Waals surface area contributed by atoms with Gasteiger partial charge in [-0.3, -0.25) is 5.41 Å². The van der Waals surface area contributed by atoms with E-state index in [2.05, 4.69) is 0 Å². The minimum absolute atomic E-state index is 0.0247. The number of benzene rings is 2. The van der Waals surface area contributed by atoms with Gasteiger partial charge in [-0.15, -0.1) is 0 Å². The van der Waals surface area contributed by atoms with Gasteiger partial charge in [0, 0.05) is 17.1 Å². The van der Waals surface area contributed by atoms with Crippen molar-refractivity contribution in [1.29, 1.82) is 5.41 Å². The molecule has 3 rings (SSSR count). The van der Waals surface area contributed by atoms with Gasteiger partial charge in [0.2, 0.25) is 0 Å². The van der Waals surface area contributed by atoms with Crippen LogP contribution in [0.2, 0.25) is 5.02 Å². The van der Waals surface area contributed by atoms with Crippen molar-refractivity contribution in [3.05, 3.63) is 70.0 Å². The lowest BCUT2D eigenvalue weighted by Crippen LogP contribution is -2.27. The fourth-order valence-electron chi connectivity index (χ4n) is 2.60. The summed E-state index contributed by atoms with van der Waals surface area (Å²) in [5, 5.41) is 8.93. The molecule has 1 N–H and O–H groups in total. The van der Waals surface area contributed by atoms with Crippen LogP contribution >= 0.6 is 11.6 Å². The summed E-state index contributed by atoms with van der Waals surface area (Å²) in [5.41, 5.74) is 2.72. The van der Waals surface area contributed by atoms with Crippen molar-refractivity contribution in [3.8, 4) is 0 Å². The molecule has 2 nitrogen and oxygen atoms in total. The van der Waals surface area contributed by atoms with Gasteiger partial charge in [0.25, 0.3) is 0 Å². The van der Waals surface area contributed by atoms with Crippen LogP contribution in [0.25, 0.3) is 0 Å². The SMILES string of the molecule is CC(c1cccc(Cl)c1)N1Cc2ccc(F)cc2C1=N. The summed E-state index contributed by atoms with van der Waals surface area (Å²) in [5.74, 6) is 0.0673. The van der Waals surface area contributed by atoms with Crippen LogP contribution in [0.4, 0.5) is 4.39 Å². The summed E-state index contributed by atoms with van der Waals surface area (Å²) in [6, 6.07) is 12.3. The number of amidine groups is 1. The largest absolute Gasteiger partial charge is 0.345 e. The topological polar surface area (TPSA) is 27.1 Å². The lowest BCUT2D eigenvalue weighted by molar-refractivity contribution is 0.341. The maximum atomic E-state index is 13.3. The van der Waals surface area contributed by atoms with Gasteiger partial charge in [-0.1, -0.05) is 29.8 Å². The maximum absolute atomic E-state index is 13.3. The molecule has 0 saturated carbocycles. The molecule has 0 aliphatic carbocycles. The highest BCUT2D eigenvalue weighted by atomic mass is 35.5. The van der Waals surface area contributed by atoms with E-state index in [1.165, 1.54) is 12.1 Å². The smallest absolute Gasteiger partial charge is 0.129 e. The first-order valence-corrected chi connectivity index (χ1v) is 6.83. The van der Waals surface area contributed by atoms with Gasteiger partial charge < -0.3 is 4.90 Å². The summed E-state index contributed by atoms with van der Waals surface area (Å²) in [6.07, 6.45) is 0. The van der Waals surface area contributed by atoms with E-state index in [0.717, 1.165) is 11.1 Å². The molecule has 2 aromatic rings. The van der Waals surface area contributed by atoms with Crippen LogP contribution in [0.3, 0.4) is 0 Å². The van der Waals surface area contributed by atoms with Gasteiger partial charge in [0.1, 0.15) is 11.7 Å². The molecular weight excluding hydrogens is 275 g/mol. The summed E-state index contributed by atoms with van der Waals surface area (Å²) < 4.78 is 13.3. The number of fused-ring (bicyclic) bond motifs is 1. The van der Waals surface area contributed by atoms with Crippen molar-refractivity contribution in [1.82, 2.24) is 4.90 Å². The van der Waals surface area contributed by atoms with Crippen LogP contribution in [0.1, 0.15) is 29.7 Å². The summed E-state index contributed by atoms with van der Waals surface area (Å²) in [7, 11) is 0. The molecule has 1 heterocycles. The van der Waals surface area contributed by atoms with Gasteiger partial charge in [-0.05, 0) is 42.3 Å². The zero-order chi connectivity index (χ0) is 14.3. The standard InChI is InChI=1S/C16H14ClFN2/c1-10(11-3-2-4-13(17)7-11)20-9-12-5-6-14(18)8-15(12)16(20)19/h2-8,10,19H,9H2,1H3. The highest BCUT2D eigenvalue weighted by molar-refractivity contribution is 6.30. The van der Waals surface area contributed by atoms with Gasteiger partial charge >= 0.3 is 0 Å². The van der Waals surface area contributed by atoms with Crippen molar-refractivity contribution in [2.75, 3.05) is 0 Å². The third kappa shape index (κ3) is 2.18. The van der Waals surface area contributed by atoms with Crippen LogP contribution in [0.15, 0.2) is 42.5 Å². The van der Waals surface area contributed by atoms with Crippen molar-refractivity contribution < 1.29 is 4.39 Å². The molecule has 0 amide bonds. The molecule has 102 valence electrons. The molecule has 4 heteroatoms. The lowest BCUT2D eigenvalue weighted by atomic mass is 10.1. The molecule has 1 unspecified atom stereocenters. The zero-order valence-corrected chi connectivity index (χ0v) is 11.8. The van der Waals surface area contributed by atoms with Crippen molar-refractivity contribution in [2.24, 2.45) is 0 Å². The Morgan fingerprint density at radius 3 is 2.80 bits per heavy atom. The number of halogens is 2. The van der Waals surface area contributed by atoms with E-state index < -0.39 is 0 Å². The number of nitrogens with one attached hydrogen (secondary N) is 1. The molecular formula is C16H14ClFN2. The predicted octanol–water partition coefficient (Wildman–Crippen LogP) is 4.38. The Balaban J connectivity index is 1.92. The van der Waals surface area contributed by atoms with E-state index in [9.17, 15) is 4.39 Å². The molecule has 0 spiro atoms. The number of hydrogen-bond acceptors (Lipinski definition) is 1. The highest BCUT2D eigenvalue weighted by Gasteiger charge is 2.28. The second-order valence-electron chi connectivity index (χ2n) is 5.01. The van der Waals surface area contributed by atoms with Gasteiger partial charge in [0.05, 0.1) is 6.04 Å². The van der Waals surface area contributed by atoms with Crippen LogP contribution < -0.4 is 0 Å². The number of rotatable bonds is 2. The van der Waals surface area contributed by atoms with Gasteiger partial charge in [-0.2, -0.15) is 0 Å². The van der Waals surface area contributed by atoms with Crippen LogP contribution in [-0.2, 0) is 6.54 Å². The Hall–Kier alpha value is -1.87. The molecule has 0 bridgehead atoms. The first-order chi connectivity index (χ1) is 9.56. The Morgan fingerprint density at radius 1 is 1.25 bits per heavy atom. The van der Waals surface area contributed by atoms with Gasteiger partial charge in [-0.25, -0.2) is 4.39 Å². The average Bonchev–Trinajstić information content (AvgIpc) is 2.75. The Kier molecular flexibility index (Phi) is 3.22. The fraction of sp³-hybridized carbons (Fsp3) is 0.188. The van der Waals surface area contributed by atoms with E-state index in [1.54, 1.807) is 6.07 Å². The van der Waals surface area contributed by atoms with E-state index in [1.807, 2.05) is 36.1 Å². The van der Waals surface area contributed by atoms with Crippen molar-refractivity contribution in [2.45, 2.75) is 19.5 Å². The molecule has 0 fully saturated rings. The molecule has 1 aliphatic rings. The summed E-state index contributed by atoms with van der Waals surface area (Å²) >= 11 is 6.02. The molecule has 20 heavy (non-hydrogen) atoms. The zero-order valence-electron chi connectivity index (χ0n) is 11.0. The Morgan fingerprint density at radius 2 is 2.05 bits per heavy atom. The highest BCUT2D eigenvalue weighted by Crippen LogP contribution is 2.32.